The maximum Gasteiger partial charge on any atom is 0.264 e. The quantitative estimate of drug-likeness (QED) is 0.551. The summed E-state index contributed by atoms with van der Waals surface area (Å²) >= 11 is 0. The van der Waals surface area contributed by atoms with Gasteiger partial charge < -0.3 is 19.7 Å². The molecule has 0 amide bonds. The van der Waals surface area contributed by atoms with Gasteiger partial charge in [0, 0.05) is 39.3 Å². The molecule has 11 heteroatoms. The molecule has 0 aliphatic carbocycles. The molecule has 3 saturated heterocycles. The number of likely N-dealkylation sites (tertiary alicyclic amines) is 2. The van der Waals surface area contributed by atoms with Crippen LogP contribution in [0.5, 0.6) is 11.5 Å². The topological polar surface area (TPSA) is 128 Å². The SMILES string of the molecule is CN1CC(OS(C)(=O)=O)C1.CN1CC(Oc2cccc(C#N)c2)C1.N#Cc1cccc(OC2CNC2)c1. The summed E-state index contributed by atoms with van der Waals surface area (Å²) in [4.78, 5) is 4.19. The number of hydrogen-bond acceptors (Lipinski definition) is 10. The van der Waals surface area contributed by atoms with Gasteiger partial charge in [0.25, 0.3) is 10.1 Å². The summed E-state index contributed by atoms with van der Waals surface area (Å²) < 4.78 is 36.9. The molecule has 1 N–H and O–H groups in total. The predicted molar refractivity (Wildman–Crippen MR) is 139 cm³/mol. The number of rotatable bonds is 6. The molecule has 10 nitrogen and oxygen atoms in total. The zero-order chi connectivity index (χ0) is 26.8. The van der Waals surface area contributed by atoms with Crippen LogP contribution in [0.25, 0.3) is 0 Å². The third-order valence-corrected chi connectivity index (χ3v) is 6.27. The van der Waals surface area contributed by atoms with E-state index in [2.05, 4.69) is 33.6 Å². The second-order valence-corrected chi connectivity index (χ2v) is 10.9. The highest BCUT2D eigenvalue weighted by atomic mass is 32.2. The van der Waals surface area contributed by atoms with Crippen LogP contribution in [0.15, 0.2) is 48.5 Å². The molecule has 3 fully saturated rings. The van der Waals surface area contributed by atoms with Crippen LogP contribution in [0, 0.1) is 22.7 Å². The molecule has 3 heterocycles. The number of hydrogen-bond donors (Lipinski definition) is 1. The minimum Gasteiger partial charge on any atom is -0.488 e. The van der Waals surface area contributed by atoms with Gasteiger partial charge in [0.15, 0.2) is 0 Å². The predicted octanol–water partition coefficient (Wildman–Crippen LogP) is 1.44. The molecule has 37 heavy (non-hydrogen) atoms. The van der Waals surface area contributed by atoms with E-state index in [1.165, 1.54) is 0 Å². The minimum absolute atomic E-state index is 0.111. The molecule has 0 aromatic heterocycles. The Balaban J connectivity index is 0.000000157. The lowest BCUT2D eigenvalue weighted by Crippen LogP contribution is -2.51. The number of nitrogens with one attached hydrogen (secondary N) is 1. The largest absolute Gasteiger partial charge is 0.488 e. The van der Waals surface area contributed by atoms with Gasteiger partial charge in [-0.1, -0.05) is 12.1 Å². The van der Waals surface area contributed by atoms with Crippen LogP contribution in [0.1, 0.15) is 11.1 Å². The van der Waals surface area contributed by atoms with Crippen LogP contribution in [0.2, 0.25) is 0 Å². The van der Waals surface area contributed by atoms with E-state index in [1.54, 1.807) is 24.3 Å². The average molecular weight is 528 g/mol. The highest BCUT2D eigenvalue weighted by Crippen LogP contribution is 2.18. The van der Waals surface area contributed by atoms with Crippen molar-refractivity contribution in [1.29, 1.82) is 10.5 Å². The van der Waals surface area contributed by atoms with E-state index in [0.717, 1.165) is 43.9 Å². The first-order valence-electron chi connectivity index (χ1n) is 11.9. The summed E-state index contributed by atoms with van der Waals surface area (Å²) in [5, 5.41) is 20.5. The van der Waals surface area contributed by atoms with Gasteiger partial charge in [0.1, 0.15) is 29.8 Å². The van der Waals surface area contributed by atoms with Gasteiger partial charge in [-0.2, -0.15) is 18.9 Å². The van der Waals surface area contributed by atoms with Crippen molar-refractivity contribution in [1.82, 2.24) is 15.1 Å². The summed E-state index contributed by atoms with van der Waals surface area (Å²) in [7, 11) is 0.746. The van der Waals surface area contributed by atoms with Crippen LogP contribution in [-0.4, -0.2) is 96.1 Å². The molecule has 2 aromatic rings. The van der Waals surface area contributed by atoms with E-state index in [0.29, 0.717) is 24.2 Å². The van der Waals surface area contributed by atoms with E-state index < -0.39 is 10.1 Å². The molecular weight excluding hydrogens is 494 g/mol. The van der Waals surface area contributed by atoms with Crippen molar-refractivity contribution >= 4 is 10.1 Å². The molecule has 198 valence electrons. The van der Waals surface area contributed by atoms with Crippen molar-refractivity contribution < 1.29 is 22.1 Å². The second-order valence-electron chi connectivity index (χ2n) is 9.28. The van der Waals surface area contributed by atoms with Gasteiger partial charge in [-0.15, -0.1) is 0 Å². The third kappa shape index (κ3) is 10.00. The lowest BCUT2D eigenvalue weighted by Gasteiger charge is -2.35. The van der Waals surface area contributed by atoms with Crippen molar-refractivity contribution in [3.05, 3.63) is 59.7 Å². The first-order valence-corrected chi connectivity index (χ1v) is 13.7. The normalized spacial score (nSPS) is 18.2. The van der Waals surface area contributed by atoms with Gasteiger partial charge >= 0.3 is 0 Å². The van der Waals surface area contributed by atoms with E-state index in [-0.39, 0.29) is 18.3 Å². The molecule has 3 aliphatic rings. The van der Waals surface area contributed by atoms with Gasteiger partial charge in [0.05, 0.1) is 29.5 Å². The second kappa shape index (κ2) is 13.4. The summed E-state index contributed by atoms with van der Waals surface area (Å²) in [6.45, 7) is 5.17. The molecule has 0 spiro atoms. The maximum atomic E-state index is 10.5. The lowest BCUT2D eigenvalue weighted by molar-refractivity contribution is 0.0388. The molecule has 2 aromatic carbocycles. The van der Waals surface area contributed by atoms with Crippen LogP contribution >= 0.6 is 0 Å². The Morgan fingerprint density at radius 3 is 1.65 bits per heavy atom. The fraction of sp³-hybridized carbons (Fsp3) is 0.462. The molecular formula is C26H33N5O5S. The molecule has 0 radical (unpaired) electrons. The summed E-state index contributed by atoms with van der Waals surface area (Å²) in [6, 6.07) is 18.7. The Bertz CT molecular complexity index is 1210. The summed E-state index contributed by atoms with van der Waals surface area (Å²) in [5.41, 5.74) is 1.29. The smallest absolute Gasteiger partial charge is 0.264 e. The minimum atomic E-state index is -3.23. The molecule has 3 aliphatic heterocycles. The monoisotopic (exact) mass is 527 g/mol. The number of benzene rings is 2. The third-order valence-electron chi connectivity index (χ3n) is 5.65. The Kier molecular flexibility index (Phi) is 10.3. The number of nitrogens with zero attached hydrogens (tertiary/aromatic N) is 4. The van der Waals surface area contributed by atoms with Crippen LogP contribution in [-0.2, 0) is 14.3 Å². The lowest BCUT2D eigenvalue weighted by atomic mass is 10.2. The first-order chi connectivity index (χ1) is 17.6. The highest BCUT2D eigenvalue weighted by Gasteiger charge is 2.27. The molecule has 5 rings (SSSR count). The molecule has 0 bridgehead atoms. The fourth-order valence-electron chi connectivity index (χ4n) is 3.67. The van der Waals surface area contributed by atoms with Crippen LogP contribution in [0.3, 0.4) is 0 Å². The number of ether oxygens (including phenoxy) is 2. The highest BCUT2D eigenvalue weighted by molar-refractivity contribution is 7.86. The first kappa shape index (κ1) is 28.4. The standard InChI is InChI=1S/C11H12N2O.C10H10N2O.C5H11NO3S/c1-13-7-11(8-13)14-10-4-2-3-9(5-10)6-12;11-5-8-2-1-3-9(4-8)13-10-6-12-7-10;1-6-3-5(4-6)9-10(2,7)8/h2-5,11H,7-8H2,1H3;1-4,10,12H,6-7H2;5H,3-4H2,1-2H3. The Morgan fingerprint density at radius 1 is 0.811 bits per heavy atom. The van der Waals surface area contributed by atoms with Crippen molar-refractivity contribution in [2.45, 2.75) is 18.3 Å². The Morgan fingerprint density at radius 2 is 1.27 bits per heavy atom. The Hall–Kier alpha value is -3.19. The average Bonchev–Trinajstić information content (AvgIpc) is 2.80. The van der Waals surface area contributed by atoms with Crippen molar-refractivity contribution in [3.8, 4) is 23.6 Å². The zero-order valence-corrected chi connectivity index (χ0v) is 22.1. The summed E-state index contributed by atoms with van der Waals surface area (Å²) in [5.74, 6) is 1.58. The van der Waals surface area contributed by atoms with Crippen LogP contribution < -0.4 is 14.8 Å². The maximum absolute atomic E-state index is 10.5. The van der Waals surface area contributed by atoms with E-state index >= 15 is 0 Å². The van der Waals surface area contributed by atoms with E-state index in [1.807, 2.05) is 36.2 Å². The Labute approximate surface area is 219 Å². The van der Waals surface area contributed by atoms with Gasteiger partial charge in [-0.3, -0.25) is 9.08 Å². The number of likely N-dealkylation sites (N-methyl/N-ethyl adjacent to an activating group) is 2. The molecule has 0 unspecified atom stereocenters. The number of nitriles is 2. The molecule has 0 saturated carbocycles. The van der Waals surface area contributed by atoms with E-state index in [9.17, 15) is 8.42 Å². The van der Waals surface area contributed by atoms with Crippen molar-refractivity contribution in [2.75, 3.05) is 59.6 Å². The zero-order valence-electron chi connectivity index (χ0n) is 21.3. The van der Waals surface area contributed by atoms with Gasteiger partial charge in [0.2, 0.25) is 0 Å². The van der Waals surface area contributed by atoms with Gasteiger partial charge in [-0.25, -0.2) is 0 Å². The summed E-state index contributed by atoms with van der Waals surface area (Å²) in [6.07, 6.45) is 1.52. The van der Waals surface area contributed by atoms with Gasteiger partial charge in [-0.05, 0) is 50.5 Å². The van der Waals surface area contributed by atoms with E-state index in [4.69, 9.17) is 20.0 Å². The van der Waals surface area contributed by atoms with Crippen molar-refractivity contribution in [2.24, 2.45) is 0 Å². The van der Waals surface area contributed by atoms with Crippen molar-refractivity contribution in [3.63, 3.8) is 0 Å². The van der Waals surface area contributed by atoms with Crippen LogP contribution in [0.4, 0.5) is 0 Å². The molecule has 0 atom stereocenters. The fourth-order valence-corrected chi connectivity index (χ4v) is 4.29.